The maximum Gasteiger partial charge on any atom is 0.218 e. The molecule has 0 fully saturated rings. The van der Waals surface area contributed by atoms with E-state index in [2.05, 4.69) is 28.7 Å². The number of hydrogen-bond donors (Lipinski definition) is 0. The Bertz CT molecular complexity index is 674. The summed E-state index contributed by atoms with van der Waals surface area (Å²) in [5, 5.41) is 0.793. The smallest absolute Gasteiger partial charge is 0.218 e. The molecule has 0 atom stereocenters. The molecule has 1 aromatic carbocycles. The SMILES string of the molecule is C/C=C\C(=C/C)OCc1ccc2ccccc2n1.CC(=O)Cl. The largest absolute Gasteiger partial charge is 0.488 e. The highest BCUT2D eigenvalue weighted by atomic mass is 35.5. The Morgan fingerprint density at radius 3 is 2.55 bits per heavy atom. The van der Waals surface area contributed by atoms with Crippen LogP contribution in [0.3, 0.4) is 0 Å². The van der Waals surface area contributed by atoms with Crippen molar-refractivity contribution in [2.45, 2.75) is 27.4 Å². The second-order valence-electron chi connectivity index (χ2n) is 4.45. The summed E-state index contributed by atoms with van der Waals surface area (Å²) in [6.45, 7) is 5.72. The maximum atomic E-state index is 9.21. The molecule has 2 rings (SSSR count). The molecule has 0 spiro atoms. The topological polar surface area (TPSA) is 39.2 Å². The van der Waals surface area contributed by atoms with Crippen LogP contribution in [-0.2, 0) is 16.1 Å². The lowest BCUT2D eigenvalue weighted by molar-refractivity contribution is -0.109. The molecular weight excluding hydrogens is 298 g/mol. The normalized spacial score (nSPS) is 11.2. The molecule has 0 unspecified atom stereocenters. The summed E-state index contributed by atoms with van der Waals surface area (Å²) < 4.78 is 5.68. The summed E-state index contributed by atoms with van der Waals surface area (Å²) in [6.07, 6.45) is 5.85. The summed E-state index contributed by atoms with van der Waals surface area (Å²) >= 11 is 4.64. The van der Waals surface area contributed by atoms with E-state index in [9.17, 15) is 4.79 Å². The van der Waals surface area contributed by atoms with Gasteiger partial charge < -0.3 is 4.74 Å². The van der Waals surface area contributed by atoms with Gasteiger partial charge in [0.25, 0.3) is 0 Å². The fourth-order valence-corrected chi connectivity index (χ4v) is 1.74. The van der Waals surface area contributed by atoms with Crippen LogP contribution in [0, 0.1) is 0 Å². The number of pyridine rings is 1. The summed E-state index contributed by atoms with van der Waals surface area (Å²) in [5.41, 5.74) is 1.95. The third-order valence-electron chi connectivity index (χ3n) is 2.66. The molecule has 0 bridgehead atoms. The van der Waals surface area contributed by atoms with Gasteiger partial charge in [0.2, 0.25) is 5.24 Å². The Hall–Kier alpha value is -2.13. The van der Waals surface area contributed by atoms with Gasteiger partial charge in [-0.15, -0.1) is 0 Å². The van der Waals surface area contributed by atoms with Crippen molar-refractivity contribution in [2.75, 3.05) is 0 Å². The Morgan fingerprint density at radius 2 is 1.91 bits per heavy atom. The summed E-state index contributed by atoms with van der Waals surface area (Å²) in [4.78, 5) is 13.8. The van der Waals surface area contributed by atoms with Crippen LogP contribution in [-0.4, -0.2) is 10.2 Å². The fourth-order valence-electron chi connectivity index (χ4n) is 1.74. The molecule has 0 aliphatic carbocycles. The Kier molecular flexibility index (Phi) is 7.94. The second-order valence-corrected chi connectivity index (χ2v) is 4.98. The predicted octanol–water partition coefficient (Wildman–Crippen LogP) is 5.00. The van der Waals surface area contributed by atoms with Crippen molar-refractivity contribution in [3.63, 3.8) is 0 Å². The zero-order chi connectivity index (χ0) is 16.4. The number of fused-ring (bicyclic) bond motifs is 1. The van der Waals surface area contributed by atoms with E-state index in [0.717, 1.165) is 22.4 Å². The number of halogens is 1. The molecule has 0 aliphatic heterocycles. The van der Waals surface area contributed by atoms with E-state index in [1.807, 2.05) is 56.3 Å². The van der Waals surface area contributed by atoms with Gasteiger partial charge in [-0.05, 0) is 49.7 Å². The van der Waals surface area contributed by atoms with Crippen molar-refractivity contribution < 1.29 is 9.53 Å². The Morgan fingerprint density at radius 1 is 1.23 bits per heavy atom. The van der Waals surface area contributed by atoms with Gasteiger partial charge >= 0.3 is 0 Å². The molecule has 116 valence electrons. The second kappa shape index (κ2) is 9.74. The zero-order valence-electron chi connectivity index (χ0n) is 13.0. The van der Waals surface area contributed by atoms with Crippen molar-refractivity contribution in [3.8, 4) is 0 Å². The monoisotopic (exact) mass is 317 g/mol. The van der Waals surface area contributed by atoms with E-state index in [0.29, 0.717) is 6.61 Å². The summed E-state index contributed by atoms with van der Waals surface area (Å²) in [5.74, 6) is 0.868. The lowest BCUT2D eigenvalue weighted by Crippen LogP contribution is -1.95. The van der Waals surface area contributed by atoms with E-state index in [1.165, 1.54) is 6.92 Å². The van der Waals surface area contributed by atoms with Crippen molar-refractivity contribution >= 4 is 27.7 Å². The van der Waals surface area contributed by atoms with Crippen molar-refractivity contribution in [1.29, 1.82) is 0 Å². The number of ether oxygens (including phenoxy) is 1. The number of aromatic nitrogens is 1. The Balaban J connectivity index is 0.000000541. The van der Waals surface area contributed by atoms with Gasteiger partial charge in [-0.25, -0.2) is 4.98 Å². The van der Waals surface area contributed by atoms with Gasteiger partial charge in [-0.1, -0.05) is 30.3 Å². The van der Waals surface area contributed by atoms with Crippen LogP contribution in [0.25, 0.3) is 10.9 Å². The first-order chi connectivity index (χ1) is 10.6. The quantitative estimate of drug-likeness (QED) is 0.452. The molecule has 22 heavy (non-hydrogen) atoms. The minimum Gasteiger partial charge on any atom is -0.488 e. The van der Waals surface area contributed by atoms with Gasteiger partial charge in [-0.2, -0.15) is 0 Å². The van der Waals surface area contributed by atoms with Crippen LogP contribution in [0.5, 0.6) is 0 Å². The number of carbonyl (C=O) groups excluding carboxylic acids is 1. The predicted molar refractivity (Wildman–Crippen MR) is 91.6 cm³/mol. The van der Waals surface area contributed by atoms with E-state index < -0.39 is 0 Å². The van der Waals surface area contributed by atoms with Gasteiger partial charge in [0.1, 0.15) is 12.4 Å². The van der Waals surface area contributed by atoms with Gasteiger partial charge in [0.05, 0.1) is 11.2 Å². The van der Waals surface area contributed by atoms with Crippen LogP contribution in [0.15, 0.2) is 60.4 Å². The average Bonchev–Trinajstić information content (AvgIpc) is 2.50. The molecule has 3 nitrogen and oxygen atoms in total. The average molecular weight is 318 g/mol. The van der Waals surface area contributed by atoms with Crippen molar-refractivity contribution in [1.82, 2.24) is 4.98 Å². The standard InChI is InChI=1S/C16H17NO.C2H3ClO/c1-3-7-15(4-2)18-12-14-11-10-13-8-5-6-9-16(13)17-14;1-2(3)4/h3-11H,12H2,1-2H3;1H3/b7-3-,15-4+;. The number of allylic oxidation sites excluding steroid dienone is 3. The molecule has 0 saturated carbocycles. The van der Waals surface area contributed by atoms with Crippen LogP contribution < -0.4 is 0 Å². The highest BCUT2D eigenvalue weighted by Gasteiger charge is 1.99. The lowest BCUT2D eigenvalue weighted by atomic mass is 10.2. The van der Waals surface area contributed by atoms with E-state index in [4.69, 9.17) is 4.74 Å². The Labute approximate surface area is 136 Å². The maximum absolute atomic E-state index is 9.21. The lowest BCUT2D eigenvalue weighted by Gasteiger charge is -2.07. The molecule has 0 aliphatic rings. The minimum atomic E-state index is -0.361. The third-order valence-corrected chi connectivity index (χ3v) is 2.66. The minimum absolute atomic E-state index is 0.361. The number of rotatable bonds is 4. The highest BCUT2D eigenvalue weighted by Crippen LogP contribution is 2.13. The zero-order valence-corrected chi connectivity index (χ0v) is 13.8. The van der Waals surface area contributed by atoms with Crippen LogP contribution in [0.4, 0.5) is 0 Å². The van der Waals surface area contributed by atoms with Gasteiger partial charge in [0, 0.05) is 12.3 Å². The first kappa shape index (κ1) is 17.9. The van der Waals surface area contributed by atoms with E-state index >= 15 is 0 Å². The molecule has 1 heterocycles. The molecule has 1 aromatic heterocycles. The van der Waals surface area contributed by atoms with Crippen molar-refractivity contribution in [3.05, 3.63) is 66.1 Å². The number of carbonyl (C=O) groups is 1. The molecule has 2 aromatic rings. The summed E-state index contributed by atoms with van der Waals surface area (Å²) in [6, 6.07) is 12.2. The van der Waals surface area contributed by atoms with Crippen LogP contribution in [0.2, 0.25) is 0 Å². The first-order valence-corrected chi connectivity index (χ1v) is 7.37. The number of para-hydroxylation sites is 1. The van der Waals surface area contributed by atoms with Crippen LogP contribution in [0.1, 0.15) is 26.5 Å². The van der Waals surface area contributed by atoms with Gasteiger partial charge in [-0.3, -0.25) is 4.79 Å². The number of nitrogens with zero attached hydrogens (tertiary/aromatic N) is 1. The van der Waals surface area contributed by atoms with Gasteiger partial charge in [0.15, 0.2) is 0 Å². The number of benzene rings is 1. The van der Waals surface area contributed by atoms with E-state index in [-0.39, 0.29) is 5.24 Å². The van der Waals surface area contributed by atoms with Crippen LogP contribution >= 0.6 is 11.6 Å². The third kappa shape index (κ3) is 6.55. The first-order valence-electron chi connectivity index (χ1n) is 6.99. The number of hydrogen-bond acceptors (Lipinski definition) is 3. The molecular formula is C18H20ClNO2. The summed E-state index contributed by atoms with van der Waals surface area (Å²) in [7, 11) is 0. The molecule has 4 heteroatoms. The fraction of sp³-hybridized carbons (Fsp3) is 0.222. The highest BCUT2D eigenvalue weighted by molar-refractivity contribution is 6.62. The molecule has 0 N–H and O–H groups in total. The molecule has 0 amide bonds. The molecule has 0 radical (unpaired) electrons. The van der Waals surface area contributed by atoms with Crippen molar-refractivity contribution in [2.24, 2.45) is 0 Å². The van der Waals surface area contributed by atoms with E-state index in [1.54, 1.807) is 0 Å². The molecule has 0 saturated heterocycles.